The van der Waals surface area contributed by atoms with E-state index in [9.17, 15) is 9.59 Å². The summed E-state index contributed by atoms with van der Waals surface area (Å²) in [7, 11) is 1.88. The van der Waals surface area contributed by atoms with E-state index in [0.29, 0.717) is 13.1 Å². The van der Waals surface area contributed by atoms with Crippen LogP contribution in [0.15, 0.2) is 23.6 Å². The third kappa shape index (κ3) is 5.28. The maximum atomic E-state index is 12.7. The van der Waals surface area contributed by atoms with Crippen molar-refractivity contribution in [3.05, 3.63) is 45.4 Å². The van der Waals surface area contributed by atoms with Crippen molar-refractivity contribution in [1.29, 1.82) is 0 Å². The van der Waals surface area contributed by atoms with Crippen LogP contribution in [-0.2, 0) is 11.3 Å². The van der Waals surface area contributed by atoms with Crippen molar-refractivity contribution in [2.45, 2.75) is 40.3 Å². The Labute approximate surface area is 153 Å². The number of thiophene rings is 1. The van der Waals surface area contributed by atoms with Crippen LogP contribution in [0, 0.1) is 13.8 Å². The molecule has 2 aromatic heterocycles. The van der Waals surface area contributed by atoms with E-state index in [0.717, 1.165) is 28.4 Å². The van der Waals surface area contributed by atoms with Crippen molar-refractivity contribution in [1.82, 2.24) is 9.88 Å². The van der Waals surface area contributed by atoms with E-state index < -0.39 is 0 Å². The number of nitrogens with zero attached hydrogens (tertiary/aromatic N) is 1. The molecular formula is C19H28N3O2S+. The highest BCUT2D eigenvalue weighted by molar-refractivity contribution is 7.09. The van der Waals surface area contributed by atoms with E-state index in [4.69, 9.17) is 0 Å². The zero-order chi connectivity index (χ0) is 18.6. The molecule has 0 spiro atoms. The first-order chi connectivity index (χ1) is 11.8. The van der Waals surface area contributed by atoms with Crippen LogP contribution in [0.4, 0.5) is 0 Å². The van der Waals surface area contributed by atoms with Gasteiger partial charge in [-0.05, 0) is 45.2 Å². The highest BCUT2D eigenvalue weighted by atomic mass is 32.1. The predicted molar refractivity (Wildman–Crippen MR) is 102 cm³/mol. The van der Waals surface area contributed by atoms with Gasteiger partial charge in [0.05, 0.1) is 13.6 Å². The van der Waals surface area contributed by atoms with Crippen molar-refractivity contribution < 1.29 is 14.5 Å². The number of nitrogens with one attached hydrogen (secondary N) is 2. The van der Waals surface area contributed by atoms with Gasteiger partial charge in [0.1, 0.15) is 6.54 Å². The monoisotopic (exact) mass is 362 g/mol. The average molecular weight is 363 g/mol. The summed E-state index contributed by atoms with van der Waals surface area (Å²) >= 11 is 1.72. The maximum absolute atomic E-state index is 12.7. The fourth-order valence-electron chi connectivity index (χ4n) is 2.96. The Balaban J connectivity index is 2.03. The first-order valence-corrected chi connectivity index (χ1v) is 9.49. The molecule has 5 nitrogen and oxygen atoms in total. The highest BCUT2D eigenvalue weighted by Gasteiger charge is 2.20. The summed E-state index contributed by atoms with van der Waals surface area (Å²) in [6.07, 6.45) is 0. The minimum Gasteiger partial charge on any atom is -0.349 e. The van der Waals surface area contributed by atoms with Gasteiger partial charge in [0.15, 0.2) is 6.54 Å². The molecule has 2 N–H and O–H groups in total. The zero-order valence-electron chi connectivity index (χ0n) is 15.7. The smallest absolute Gasteiger partial charge is 0.275 e. The third-order valence-corrected chi connectivity index (χ3v) is 5.00. The molecule has 1 amide bonds. The average Bonchev–Trinajstić information content (AvgIpc) is 3.09. The van der Waals surface area contributed by atoms with Gasteiger partial charge in [0, 0.05) is 27.9 Å². The first-order valence-electron chi connectivity index (χ1n) is 8.61. The standard InChI is InChI=1S/C19H27N3O2S/c1-13(2)20-19(24)12-21(5)11-18(23)17-9-14(3)22(15(17)4)10-16-7-6-8-25-16/h6-9,13H,10-12H2,1-5H3,(H,20,24)/p+1. The van der Waals surface area contributed by atoms with E-state index in [1.807, 2.05) is 46.9 Å². The molecule has 0 saturated carbocycles. The van der Waals surface area contributed by atoms with Crippen LogP contribution in [-0.4, -0.2) is 42.4 Å². The van der Waals surface area contributed by atoms with Gasteiger partial charge in [-0.1, -0.05) is 6.07 Å². The minimum atomic E-state index is -0.0246. The van der Waals surface area contributed by atoms with Gasteiger partial charge in [0.2, 0.25) is 5.78 Å². The highest BCUT2D eigenvalue weighted by Crippen LogP contribution is 2.19. The van der Waals surface area contributed by atoms with Crippen molar-refractivity contribution in [2.24, 2.45) is 0 Å². The van der Waals surface area contributed by atoms with Gasteiger partial charge in [-0.25, -0.2) is 0 Å². The summed E-state index contributed by atoms with van der Waals surface area (Å²) in [6.45, 7) is 9.30. The molecular weight excluding hydrogens is 334 g/mol. The Kier molecular flexibility index (Phi) is 6.56. The van der Waals surface area contributed by atoms with Crippen LogP contribution < -0.4 is 10.2 Å². The molecule has 1 unspecified atom stereocenters. The van der Waals surface area contributed by atoms with Crippen LogP contribution in [0.2, 0.25) is 0 Å². The molecule has 6 heteroatoms. The summed E-state index contributed by atoms with van der Waals surface area (Å²) in [5, 5.41) is 4.93. The molecule has 136 valence electrons. The summed E-state index contributed by atoms with van der Waals surface area (Å²) in [5.74, 6) is 0.0591. The van der Waals surface area contributed by atoms with Crippen molar-refractivity contribution in [3.63, 3.8) is 0 Å². The van der Waals surface area contributed by atoms with E-state index in [1.165, 1.54) is 4.88 Å². The molecule has 0 aliphatic carbocycles. The number of aryl methyl sites for hydroxylation is 1. The molecule has 2 rings (SSSR count). The molecule has 0 aliphatic heterocycles. The summed E-state index contributed by atoms with van der Waals surface area (Å²) < 4.78 is 2.18. The lowest BCUT2D eigenvalue weighted by Gasteiger charge is -2.14. The number of amides is 1. The largest absolute Gasteiger partial charge is 0.349 e. The number of hydrogen-bond donors (Lipinski definition) is 2. The first kappa shape index (κ1) is 19.4. The molecule has 25 heavy (non-hydrogen) atoms. The van der Waals surface area contributed by atoms with Crippen LogP contribution in [0.5, 0.6) is 0 Å². The Hall–Kier alpha value is -1.92. The number of Topliss-reactive ketones (excluding diaryl/α,β-unsaturated/α-hetero) is 1. The number of hydrogen-bond acceptors (Lipinski definition) is 3. The second kappa shape index (κ2) is 8.45. The van der Waals surface area contributed by atoms with E-state index in [1.54, 1.807) is 11.3 Å². The number of carbonyl (C=O) groups is 2. The Morgan fingerprint density at radius 1 is 1.28 bits per heavy atom. The SMILES string of the molecule is Cc1cc(C(=O)C[NH+](C)CC(=O)NC(C)C)c(C)n1Cc1cccs1. The van der Waals surface area contributed by atoms with E-state index >= 15 is 0 Å². The van der Waals surface area contributed by atoms with Crippen LogP contribution in [0.1, 0.15) is 40.5 Å². The summed E-state index contributed by atoms with van der Waals surface area (Å²) in [5.41, 5.74) is 2.84. The van der Waals surface area contributed by atoms with E-state index in [-0.39, 0.29) is 17.7 Å². The topological polar surface area (TPSA) is 55.5 Å². The Morgan fingerprint density at radius 2 is 2.00 bits per heavy atom. The number of aromatic nitrogens is 1. The lowest BCUT2D eigenvalue weighted by Crippen LogP contribution is -3.11. The third-order valence-electron chi connectivity index (χ3n) is 4.14. The number of carbonyl (C=O) groups excluding carboxylic acids is 2. The number of ketones is 1. The van der Waals surface area contributed by atoms with Gasteiger partial charge in [-0.2, -0.15) is 0 Å². The van der Waals surface area contributed by atoms with Crippen LogP contribution in [0.3, 0.4) is 0 Å². The van der Waals surface area contributed by atoms with Crippen LogP contribution >= 0.6 is 11.3 Å². The van der Waals surface area contributed by atoms with E-state index in [2.05, 4.69) is 21.3 Å². The van der Waals surface area contributed by atoms with Gasteiger partial charge >= 0.3 is 0 Å². The minimum absolute atomic E-state index is 0.0246. The summed E-state index contributed by atoms with van der Waals surface area (Å²) in [6, 6.07) is 6.23. The van der Waals surface area contributed by atoms with Gasteiger partial charge in [0.25, 0.3) is 5.91 Å². The Morgan fingerprint density at radius 3 is 2.60 bits per heavy atom. The fourth-order valence-corrected chi connectivity index (χ4v) is 3.66. The quantitative estimate of drug-likeness (QED) is 0.698. The van der Waals surface area contributed by atoms with Crippen LogP contribution in [0.25, 0.3) is 0 Å². The molecule has 0 saturated heterocycles. The summed E-state index contributed by atoms with van der Waals surface area (Å²) in [4.78, 5) is 26.7. The molecule has 2 aromatic rings. The van der Waals surface area contributed by atoms with Crippen molar-refractivity contribution >= 4 is 23.0 Å². The van der Waals surface area contributed by atoms with Gasteiger partial charge < -0.3 is 14.8 Å². The molecule has 0 radical (unpaired) electrons. The molecule has 0 fully saturated rings. The molecule has 0 aromatic carbocycles. The van der Waals surface area contributed by atoms with Crippen molar-refractivity contribution in [2.75, 3.05) is 20.1 Å². The maximum Gasteiger partial charge on any atom is 0.275 e. The lowest BCUT2D eigenvalue weighted by atomic mass is 10.1. The Bertz CT molecular complexity index is 732. The molecule has 2 heterocycles. The second-order valence-corrected chi connectivity index (χ2v) is 7.94. The fraction of sp³-hybridized carbons (Fsp3) is 0.474. The van der Waals surface area contributed by atoms with Gasteiger partial charge in [-0.3, -0.25) is 9.59 Å². The van der Waals surface area contributed by atoms with Gasteiger partial charge in [-0.15, -0.1) is 11.3 Å². The lowest BCUT2D eigenvalue weighted by molar-refractivity contribution is -0.862. The predicted octanol–water partition coefficient (Wildman–Crippen LogP) is 1.44. The second-order valence-electron chi connectivity index (χ2n) is 6.91. The van der Waals surface area contributed by atoms with Crippen molar-refractivity contribution in [3.8, 4) is 0 Å². The number of rotatable bonds is 8. The zero-order valence-corrected chi connectivity index (χ0v) is 16.5. The molecule has 0 aliphatic rings. The molecule has 1 atom stereocenters. The normalized spacial score (nSPS) is 12.4. The number of quaternary nitrogens is 1. The molecule has 0 bridgehead atoms. The number of likely N-dealkylation sites (N-methyl/N-ethyl adjacent to an activating group) is 1.